The number of nitrogens with two attached hydrogens (primary N) is 1. The van der Waals surface area contributed by atoms with Gasteiger partial charge in [-0.1, -0.05) is 17.7 Å². The minimum Gasteiger partial charge on any atom is -0.312 e. The molecule has 1 aromatic rings. The zero-order valence-electron chi connectivity index (χ0n) is 9.02. The topological polar surface area (TPSA) is 75.4 Å². The van der Waals surface area contributed by atoms with Crippen LogP contribution >= 0.6 is 11.6 Å². The maximum absolute atomic E-state index is 11.8. The normalized spacial score (nSPS) is 19.5. The quantitative estimate of drug-likeness (QED) is 0.462. The van der Waals surface area contributed by atoms with Gasteiger partial charge in [-0.3, -0.25) is 15.0 Å². The molecule has 0 aromatic heterocycles. The van der Waals surface area contributed by atoms with Crippen LogP contribution in [0, 0.1) is 5.92 Å². The van der Waals surface area contributed by atoms with Crippen molar-refractivity contribution in [1.29, 1.82) is 0 Å². The highest BCUT2D eigenvalue weighted by Gasteiger charge is 2.34. The first-order valence-electron chi connectivity index (χ1n) is 5.18. The van der Waals surface area contributed by atoms with Gasteiger partial charge in [0.15, 0.2) is 0 Å². The summed E-state index contributed by atoms with van der Waals surface area (Å²) in [4.78, 5) is 24.7. The number of nitrogens with one attached hydrogen (secondary N) is 1. The average molecular weight is 254 g/mol. The molecular formula is C11H12ClN3O2. The van der Waals surface area contributed by atoms with Crippen LogP contribution in [0.2, 0.25) is 5.02 Å². The van der Waals surface area contributed by atoms with Crippen LogP contribution in [0.25, 0.3) is 0 Å². The molecule has 0 aliphatic carbocycles. The van der Waals surface area contributed by atoms with Crippen LogP contribution in [0.4, 0.5) is 5.69 Å². The lowest BCUT2D eigenvalue weighted by Crippen LogP contribution is -2.37. The Kier molecular flexibility index (Phi) is 3.31. The fourth-order valence-electron chi connectivity index (χ4n) is 1.89. The van der Waals surface area contributed by atoms with Crippen LogP contribution in [0.3, 0.4) is 0 Å². The van der Waals surface area contributed by atoms with Crippen LogP contribution in [0.15, 0.2) is 24.3 Å². The molecule has 2 rings (SSSR count). The fourth-order valence-corrected chi connectivity index (χ4v) is 2.08. The van der Waals surface area contributed by atoms with Gasteiger partial charge in [0, 0.05) is 23.7 Å². The van der Waals surface area contributed by atoms with E-state index in [1.807, 2.05) is 0 Å². The van der Waals surface area contributed by atoms with Crippen molar-refractivity contribution < 1.29 is 9.59 Å². The smallest absolute Gasteiger partial charge is 0.239 e. The average Bonchev–Trinajstić information content (AvgIpc) is 2.70. The monoisotopic (exact) mass is 253 g/mol. The summed E-state index contributed by atoms with van der Waals surface area (Å²) < 4.78 is 0. The standard InChI is InChI=1S/C11H12ClN3O2/c12-8-2-1-3-9(5-8)15-6-7(4-10(15)16)11(17)14-13/h1-3,5,7H,4,6,13H2,(H,14,17). The highest BCUT2D eigenvalue weighted by atomic mass is 35.5. The maximum atomic E-state index is 11.8. The summed E-state index contributed by atoms with van der Waals surface area (Å²) in [5, 5.41) is 0.557. The molecular weight excluding hydrogens is 242 g/mol. The number of hydrogen-bond donors (Lipinski definition) is 2. The maximum Gasteiger partial charge on any atom is 0.239 e. The molecule has 1 atom stereocenters. The van der Waals surface area contributed by atoms with E-state index in [-0.39, 0.29) is 18.2 Å². The zero-order chi connectivity index (χ0) is 12.4. The highest BCUT2D eigenvalue weighted by molar-refractivity contribution is 6.30. The Morgan fingerprint density at radius 2 is 2.29 bits per heavy atom. The van der Waals surface area contributed by atoms with E-state index < -0.39 is 5.92 Å². The van der Waals surface area contributed by atoms with Crippen molar-refractivity contribution >= 4 is 29.1 Å². The van der Waals surface area contributed by atoms with Crippen molar-refractivity contribution in [2.45, 2.75) is 6.42 Å². The number of carbonyl (C=O) groups excluding carboxylic acids is 2. The predicted molar refractivity (Wildman–Crippen MR) is 64.2 cm³/mol. The highest BCUT2D eigenvalue weighted by Crippen LogP contribution is 2.26. The summed E-state index contributed by atoms with van der Waals surface area (Å²) in [5.74, 6) is 4.25. The Bertz CT molecular complexity index is 464. The predicted octanol–water partition coefficient (Wildman–Crippen LogP) is 0.683. The van der Waals surface area contributed by atoms with Gasteiger partial charge in [-0.25, -0.2) is 5.84 Å². The largest absolute Gasteiger partial charge is 0.312 e. The summed E-state index contributed by atoms with van der Waals surface area (Å²) in [7, 11) is 0. The van der Waals surface area contributed by atoms with Gasteiger partial charge in [-0.2, -0.15) is 0 Å². The number of benzene rings is 1. The molecule has 0 saturated carbocycles. The van der Waals surface area contributed by atoms with Crippen LogP contribution < -0.4 is 16.2 Å². The Morgan fingerprint density at radius 3 is 2.94 bits per heavy atom. The van der Waals surface area contributed by atoms with Crippen LogP contribution in [-0.4, -0.2) is 18.4 Å². The molecule has 3 N–H and O–H groups in total. The molecule has 6 heteroatoms. The minimum atomic E-state index is -0.397. The second-order valence-electron chi connectivity index (χ2n) is 3.89. The van der Waals surface area contributed by atoms with Gasteiger partial charge in [0.05, 0.1) is 5.92 Å². The molecule has 1 saturated heterocycles. The number of hydrazine groups is 1. The summed E-state index contributed by atoms with van der Waals surface area (Å²) in [6, 6.07) is 6.98. The Hall–Kier alpha value is -1.59. The van der Waals surface area contributed by atoms with Crippen molar-refractivity contribution in [2.75, 3.05) is 11.4 Å². The fraction of sp³-hybridized carbons (Fsp3) is 0.273. The molecule has 17 heavy (non-hydrogen) atoms. The van der Waals surface area contributed by atoms with E-state index in [0.29, 0.717) is 17.3 Å². The van der Waals surface area contributed by atoms with Crippen LogP contribution in [-0.2, 0) is 9.59 Å². The second-order valence-corrected chi connectivity index (χ2v) is 4.33. The van der Waals surface area contributed by atoms with E-state index in [4.69, 9.17) is 17.4 Å². The molecule has 90 valence electrons. The first kappa shape index (κ1) is 11.9. The Labute approximate surface area is 103 Å². The molecule has 1 unspecified atom stereocenters. The number of rotatable bonds is 2. The molecule has 0 bridgehead atoms. The van der Waals surface area contributed by atoms with Crippen molar-refractivity contribution in [3.05, 3.63) is 29.3 Å². The number of anilines is 1. The summed E-state index contributed by atoms with van der Waals surface area (Å²) in [5.41, 5.74) is 2.77. The number of carbonyl (C=O) groups is 2. The van der Waals surface area contributed by atoms with Crippen molar-refractivity contribution in [3.8, 4) is 0 Å². The second kappa shape index (κ2) is 4.73. The molecule has 1 fully saturated rings. The third-order valence-electron chi connectivity index (χ3n) is 2.76. The number of nitrogens with zero attached hydrogens (tertiary/aromatic N) is 1. The lowest BCUT2D eigenvalue weighted by atomic mass is 10.1. The van der Waals surface area contributed by atoms with Gasteiger partial charge in [-0.15, -0.1) is 0 Å². The van der Waals surface area contributed by atoms with Gasteiger partial charge in [0.1, 0.15) is 0 Å². The Morgan fingerprint density at radius 1 is 1.53 bits per heavy atom. The molecule has 0 spiro atoms. The molecule has 1 heterocycles. The van der Waals surface area contributed by atoms with Crippen molar-refractivity contribution in [3.63, 3.8) is 0 Å². The van der Waals surface area contributed by atoms with Gasteiger partial charge in [0.25, 0.3) is 0 Å². The van der Waals surface area contributed by atoms with Crippen molar-refractivity contribution in [1.82, 2.24) is 5.43 Å². The van der Waals surface area contributed by atoms with E-state index in [2.05, 4.69) is 5.43 Å². The van der Waals surface area contributed by atoms with E-state index >= 15 is 0 Å². The van der Waals surface area contributed by atoms with Gasteiger partial charge in [-0.05, 0) is 18.2 Å². The van der Waals surface area contributed by atoms with Gasteiger partial charge >= 0.3 is 0 Å². The zero-order valence-corrected chi connectivity index (χ0v) is 9.78. The molecule has 1 aliphatic heterocycles. The third kappa shape index (κ3) is 2.40. The number of halogens is 1. The van der Waals surface area contributed by atoms with Crippen molar-refractivity contribution in [2.24, 2.45) is 11.8 Å². The molecule has 0 radical (unpaired) electrons. The molecule has 2 amide bonds. The van der Waals surface area contributed by atoms with Gasteiger partial charge in [0.2, 0.25) is 11.8 Å². The van der Waals surface area contributed by atoms with Gasteiger partial charge < -0.3 is 4.90 Å². The summed E-state index contributed by atoms with van der Waals surface area (Å²) in [6.07, 6.45) is 0.176. The number of amides is 2. The Balaban J connectivity index is 2.18. The minimum absolute atomic E-state index is 0.0964. The first-order valence-corrected chi connectivity index (χ1v) is 5.56. The lowest BCUT2D eigenvalue weighted by molar-refractivity contribution is -0.126. The van der Waals surface area contributed by atoms with Crippen LogP contribution in [0.1, 0.15) is 6.42 Å². The van der Waals surface area contributed by atoms with Crippen LogP contribution in [0.5, 0.6) is 0 Å². The molecule has 1 aromatic carbocycles. The SMILES string of the molecule is NNC(=O)C1CC(=O)N(c2cccc(Cl)c2)C1. The summed E-state index contributed by atoms with van der Waals surface area (Å²) in [6.45, 7) is 0.336. The lowest BCUT2D eigenvalue weighted by Gasteiger charge is -2.16. The van der Waals surface area contributed by atoms with E-state index in [1.54, 1.807) is 29.2 Å². The van der Waals surface area contributed by atoms with E-state index in [0.717, 1.165) is 0 Å². The number of hydrogen-bond acceptors (Lipinski definition) is 3. The first-order chi connectivity index (χ1) is 8.11. The summed E-state index contributed by atoms with van der Waals surface area (Å²) >= 11 is 5.86. The third-order valence-corrected chi connectivity index (χ3v) is 2.99. The van der Waals surface area contributed by atoms with E-state index in [1.165, 1.54) is 0 Å². The van der Waals surface area contributed by atoms with E-state index in [9.17, 15) is 9.59 Å². The molecule has 1 aliphatic rings. The molecule has 5 nitrogen and oxygen atoms in total.